The number of anilines is 2. The number of hydrogen-bond acceptors (Lipinski definition) is 16. The van der Waals surface area contributed by atoms with Crippen molar-refractivity contribution in [3.8, 4) is 43.9 Å². The maximum absolute atomic E-state index is 12.3. The van der Waals surface area contributed by atoms with E-state index in [-0.39, 0.29) is 24.5 Å². The van der Waals surface area contributed by atoms with Crippen LogP contribution in [0, 0.1) is 13.8 Å². The number of carbonyl (C=O) groups excluding carboxylic acids is 1. The van der Waals surface area contributed by atoms with E-state index in [4.69, 9.17) is 29.8 Å². The normalized spacial score (nSPS) is 12.4. The molecule has 8 rings (SSSR count). The van der Waals surface area contributed by atoms with Crippen molar-refractivity contribution in [1.82, 2.24) is 29.7 Å². The number of carboxylic acid groups (broad SMARTS) is 1. The average molecular weight is 1030 g/mol. The van der Waals surface area contributed by atoms with Crippen molar-refractivity contribution in [3.05, 3.63) is 130 Å². The number of hydrogen-bond donors (Lipinski definition) is 4. The predicted molar refractivity (Wildman–Crippen MR) is 293 cm³/mol. The van der Waals surface area contributed by atoms with Crippen LogP contribution in [0.2, 0.25) is 0 Å². The van der Waals surface area contributed by atoms with Crippen molar-refractivity contribution in [2.75, 3.05) is 66.8 Å². The molecule has 4 heterocycles. The number of aryl methyl sites for hydroxylation is 2. The molecular formula is C55H63N9O7S2. The smallest absolute Gasteiger partial charge is 0.317 e. The summed E-state index contributed by atoms with van der Waals surface area (Å²) in [6.07, 6.45) is 0.478. The molecule has 3 atom stereocenters. The van der Waals surface area contributed by atoms with Crippen LogP contribution in [-0.2, 0) is 22.6 Å². The van der Waals surface area contributed by atoms with Crippen molar-refractivity contribution in [3.63, 3.8) is 0 Å². The van der Waals surface area contributed by atoms with Gasteiger partial charge in [-0.15, -0.1) is 22.7 Å². The Morgan fingerprint density at radius 3 is 1.49 bits per heavy atom. The second-order valence-corrected chi connectivity index (χ2v) is 20.0. The molecule has 5 N–H and O–H groups in total. The fourth-order valence-corrected chi connectivity index (χ4v) is 10.6. The van der Waals surface area contributed by atoms with Crippen LogP contribution in [-0.4, -0.2) is 109 Å². The maximum Gasteiger partial charge on any atom is 0.317 e. The molecule has 0 aliphatic heterocycles. The first-order valence-corrected chi connectivity index (χ1v) is 25.2. The molecule has 0 fully saturated rings. The molecule has 0 saturated heterocycles. The number of aromatic nitrogens is 4. The first kappa shape index (κ1) is 53.4. The molecule has 4 aromatic heterocycles. The Kier molecular flexibility index (Phi) is 17.5. The molecule has 0 spiro atoms. The number of ether oxygens (including phenoxy) is 4. The molecular weight excluding hydrogens is 963 g/mol. The van der Waals surface area contributed by atoms with Crippen molar-refractivity contribution in [2.24, 2.45) is 5.73 Å². The molecule has 4 aromatic carbocycles. The largest absolute Gasteiger partial charge is 0.493 e. The molecule has 0 bridgehead atoms. The van der Waals surface area contributed by atoms with Gasteiger partial charge in [-0.2, -0.15) is 0 Å². The molecule has 8 aromatic rings. The number of likely N-dealkylation sites (N-methyl/N-ethyl adjacent to an activating group) is 2. The SMILES string of the molecule is COc1cc2nc(C)nc(NC(C)c3ccc(-c4ccccc4CC(N)C(=O)N(C)C)s3)c2cc1OC.COc1cc2nc(C)nc(NC(C)c3ccc(-c4ccccc4CN(C)CC(=O)O)s3)c2cc1OC. The van der Waals surface area contributed by atoms with E-state index < -0.39 is 12.0 Å². The lowest BCUT2D eigenvalue weighted by Gasteiger charge is -2.18. The van der Waals surface area contributed by atoms with E-state index >= 15 is 0 Å². The van der Waals surface area contributed by atoms with Crippen LogP contribution in [0.4, 0.5) is 11.6 Å². The van der Waals surface area contributed by atoms with Gasteiger partial charge in [0.25, 0.3) is 0 Å². The first-order chi connectivity index (χ1) is 35.0. The number of methoxy groups -OCH3 is 4. The monoisotopic (exact) mass is 1030 g/mol. The molecule has 1 amide bonds. The van der Waals surface area contributed by atoms with Crippen LogP contribution in [0.25, 0.3) is 42.7 Å². The summed E-state index contributed by atoms with van der Waals surface area (Å²) in [4.78, 5) is 49.8. The summed E-state index contributed by atoms with van der Waals surface area (Å²) in [5, 5.41) is 17.9. The Bertz CT molecular complexity index is 3230. The molecule has 73 heavy (non-hydrogen) atoms. The number of nitrogens with two attached hydrogens (primary N) is 1. The van der Waals surface area contributed by atoms with Crippen molar-refractivity contribution in [2.45, 2.75) is 58.8 Å². The number of carbonyl (C=O) groups is 2. The number of nitrogens with one attached hydrogen (secondary N) is 2. The minimum absolute atomic E-state index is 0.00353. The number of thiophene rings is 2. The Morgan fingerprint density at radius 1 is 0.630 bits per heavy atom. The van der Waals surface area contributed by atoms with Crippen molar-refractivity contribution < 1.29 is 33.6 Å². The molecule has 3 unspecified atom stereocenters. The van der Waals surface area contributed by atoms with E-state index in [2.05, 4.69) is 80.8 Å². The quantitative estimate of drug-likeness (QED) is 0.0596. The molecule has 0 aliphatic carbocycles. The van der Waals surface area contributed by atoms with Crippen LogP contribution in [0.5, 0.6) is 23.0 Å². The average Bonchev–Trinajstić information content (AvgIpc) is 4.07. The summed E-state index contributed by atoms with van der Waals surface area (Å²) in [6.45, 7) is 8.50. The fraction of sp³-hybridized carbons (Fsp3) is 0.309. The van der Waals surface area contributed by atoms with Gasteiger partial charge in [-0.25, -0.2) is 19.9 Å². The summed E-state index contributed by atoms with van der Waals surface area (Å²) in [7, 11) is 11.7. The number of carboxylic acids is 1. The Morgan fingerprint density at radius 2 is 1.05 bits per heavy atom. The van der Waals surface area contributed by atoms with Crippen LogP contribution >= 0.6 is 22.7 Å². The second-order valence-electron chi connectivity index (χ2n) is 17.7. The zero-order valence-corrected chi connectivity index (χ0v) is 44.7. The molecule has 0 radical (unpaired) electrons. The van der Waals surface area contributed by atoms with Crippen LogP contribution in [0.15, 0.2) is 97.1 Å². The highest BCUT2D eigenvalue weighted by Gasteiger charge is 2.21. The van der Waals surface area contributed by atoms with E-state index in [9.17, 15) is 9.59 Å². The van der Waals surface area contributed by atoms with Gasteiger partial charge in [0.05, 0.1) is 64.1 Å². The summed E-state index contributed by atoms with van der Waals surface area (Å²) in [6, 6.07) is 31.6. The molecule has 382 valence electrons. The minimum Gasteiger partial charge on any atom is -0.493 e. The standard InChI is InChI=1S/C28H33N5O3S.C27H30N4O4S/c1-16(30-27-20-14-23(35-5)24(36-6)15-22(20)31-17(2)32-27)25-11-12-26(37-25)19-10-8-7-9-18(19)13-21(29)28(34)33(3)4;1-16(28-27-20-12-22(34-4)23(35-5)13-21(20)29-17(2)30-27)24-10-11-25(36-24)19-9-7-6-8-18(19)14-31(3)15-26(32)33/h7-12,14-16,21H,13,29H2,1-6H3,(H,30,31,32);6-13,16H,14-15H2,1-5H3,(H,32,33)(H,28,29,30). The van der Waals surface area contributed by atoms with Gasteiger partial charge in [0.1, 0.15) is 23.3 Å². The summed E-state index contributed by atoms with van der Waals surface area (Å²) >= 11 is 3.41. The van der Waals surface area contributed by atoms with Crippen LogP contribution in [0.3, 0.4) is 0 Å². The zero-order valence-electron chi connectivity index (χ0n) is 43.1. The third kappa shape index (κ3) is 12.8. The fourth-order valence-electron chi connectivity index (χ4n) is 8.45. The van der Waals surface area contributed by atoms with Gasteiger partial charge in [0, 0.05) is 63.1 Å². The van der Waals surface area contributed by atoms with Gasteiger partial charge in [-0.05, 0) is 99.8 Å². The van der Waals surface area contributed by atoms with E-state index in [0.717, 1.165) is 75.2 Å². The number of benzene rings is 4. The Hall–Kier alpha value is -7.38. The first-order valence-electron chi connectivity index (χ1n) is 23.6. The summed E-state index contributed by atoms with van der Waals surface area (Å²) < 4.78 is 21.9. The summed E-state index contributed by atoms with van der Waals surface area (Å²) in [5.41, 5.74) is 12.1. The predicted octanol–water partition coefficient (Wildman–Crippen LogP) is 10.2. The second kappa shape index (κ2) is 23.9. The van der Waals surface area contributed by atoms with Crippen LogP contribution < -0.4 is 35.3 Å². The molecule has 0 aliphatic rings. The number of fused-ring (bicyclic) bond motifs is 2. The van der Waals surface area contributed by atoms with Gasteiger partial charge >= 0.3 is 5.97 Å². The van der Waals surface area contributed by atoms with Crippen molar-refractivity contribution in [1.29, 1.82) is 0 Å². The van der Waals surface area contributed by atoms with Crippen LogP contribution in [0.1, 0.15) is 58.5 Å². The molecule has 16 nitrogen and oxygen atoms in total. The van der Waals surface area contributed by atoms with Gasteiger partial charge in [0.15, 0.2) is 23.0 Å². The molecule has 18 heteroatoms. The number of rotatable bonds is 19. The van der Waals surface area contributed by atoms with E-state index in [1.807, 2.05) is 81.6 Å². The van der Waals surface area contributed by atoms with Gasteiger partial charge in [0.2, 0.25) is 5.91 Å². The maximum atomic E-state index is 12.3. The Labute approximate surface area is 434 Å². The topological polar surface area (TPSA) is 199 Å². The third-order valence-corrected chi connectivity index (χ3v) is 14.7. The zero-order chi connectivity index (χ0) is 52.5. The summed E-state index contributed by atoms with van der Waals surface area (Å²) in [5.74, 6) is 4.37. The minimum atomic E-state index is -0.836. The van der Waals surface area contributed by atoms with Gasteiger partial charge in [-0.1, -0.05) is 48.5 Å². The van der Waals surface area contributed by atoms with E-state index in [0.29, 0.717) is 47.6 Å². The lowest BCUT2D eigenvalue weighted by atomic mass is 9.99. The number of amides is 1. The van der Waals surface area contributed by atoms with Crippen molar-refractivity contribution >= 4 is 68.0 Å². The highest BCUT2D eigenvalue weighted by atomic mass is 32.1. The highest BCUT2D eigenvalue weighted by molar-refractivity contribution is 7.16. The van der Waals surface area contributed by atoms with Gasteiger partial charge in [-0.3, -0.25) is 14.5 Å². The van der Waals surface area contributed by atoms with Gasteiger partial charge < -0.3 is 45.3 Å². The number of aliphatic carboxylic acids is 1. The molecule has 0 saturated carbocycles. The van der Waals surface area contributed by atoms with E-state index in [1.165, 1.54) is 4.90 Å². The third-order valence-electron chi connectivity index (χ3n) is 12.0. The lowest BCUT2D eigenvalue weighted by molar-refractivity contribution is -0.138. The Balaban J connectivity index is 0.000000214. The van der Waals surface area contributed by atoms with E-state index in [1.54, 1.807) is 70.1 Å². The number of nitrogens with zero attached hydrogens (tertiary/aromatic N) is 6. The highest BCUT2D eigenvalue weighted by Crippen LogP contribution is 2.40. The lowest BCUT2D eigenvalue weighted by Crippen LogP contribution is -2.41.